The standard InChI is InChI=1S/C27H29FN10O2/c1-15-10-21(32-22-11-16(2)35-36-22)33-24(31-15)18-6-8-27(9-7-18)25(39)38(26(40)34-27)17(3)19-4-5-23(29-12-19)37-14-20(28)13-30-37/h4-5,10-14,17-18H,6-9H2,1-3H3,(H,34,40)(H2,31,32,33,35,36). The zero-order valence-electron chi connectivity index (χ0n) is 22.3. The predicted molar refractivity (Wildman–Crippen MR) is 142 cm³/mol. The smallest absolute Gasteiger partial charge is 0.323 e. The van der Waals surface area contributed by atoms with E-state index in [0.717, 1.165) is 23.4 Å². The first-order valence-corrected chi connectivity index (χ1v) is 13.2. The van der Waals surface area contributed by atoms with Gasteiger partial charge in [0, 0.05) is 35.6 Å². The van der Waals surface area contributed by atoms with Gasteiger partial charge in [-0.1, -0.05) is 6.07 Å². The Balaban J connectivity index is 1.14. The molecule has 2 fully saturated rings. The molecule has 4 aromatic heterocycles. The largest absolute Gasteiger partial charge is 0.325 e. The minimum absolute atomic E-state index is 0.0621. The molecule has 3 amide bonds. The molecule has 3 N–H and O–H groups in total. The molecule has 1 unspecified atom stereocenters. The van der Waals surface area contributed by atoms with Gasteiger partial charge in [-0.15, -0.1) is 0 Å². The molecule has 0 bridgehead atoms. The SMILES string of the molecule is Cc1cc(Nc2cc(C)[nH]n2)nc(C2CCC3(CC2)NC(=O)N(C(C)c2ccc(-n4cc(F)cn4)nc2)C3=O)n1. The normalized spacial score (nSPS) is 21.6. The maximum Gasteiger partial charge on any atom is 0.325 e. The molecule has 1 saturated carbocycles. The van der Waals surface area contributed by atoms with Crippen molar-refractivity contribution >= 4 is 23.6 Å². The summed E-state index contributed by atoms with van der Waals surface area (Å²) in [6.45, 7) is 5.64. The second-order valence-electron chi connectivity index (χ2n) is 10.5. The minimum Gasteiger partial charge on any atom is -0.323 e. The molecule has 4 aromatic rings. The number of hydrogen-bond donors (Lipinski definition) is 3. The second-order valence-corrected chi connectivity index (χ2v) is 10.5. The van der Waals surface area contributed by atoms with E-state index in [9.17, 15) is 14.0 Å². The number of aromatic nitrogens is 7. The Bertz CT molecular complexity index is 1570. The summed E-state index contributed by atoms with van der Waals surface area (Å²) in [5.41, 5.74) is 1.52. The fourth-order valence-electron chi connectivity index (χ4n) is 5.51. The number of carbonyl (C=O) groups excluding carboxylic acids is 2. The van der Waals surface area contributed by atoms with Crippen LogP contribution in [-0.4, -0.2) is 57.3 Å². The summed E-state index contributed by atoms with van der Waals surface area (Å²) in [5, 5.41) is 17.2. The molecular weight excluding hydrogens is 515 g/mol. The lowest BCUT2D eigenvalue weighted by Gasteiger charge is -2.35. The maximum absolute atomic E-state index is 13.7. The Morgan fingerprint density at radius 2 is 1.90 bits per heavy atom. The number of nitrogens with zero attached hydrogens (tertiary/aromatic N) is 7. The molecule has 13 heteroatoms. The van der Waals surface area contributed by atoms with Crippen LogP contribution in [0.2, 0.25) is 0 Å². The fourth-order valence-corrected chi connectivity index (χ4v) is 5.51. The third kappa shape index (κ3) is 4.67. The van der Waals surface area contributed by atoms with E-state index >= 15 is 0 Å². The molecule has 1 aliphatic carbocycles. The van der Waals surface area contributed by atoms with Crippen LogP contribution in [0.25, 0.3) is 5.82 Å². The van der Waals surface area contributed by atoms with Gasteiger partial charge in [0.15, 0.2) is 17.5 Å². The van der Waals surface area contributed by atoms with Crippen LogP contribution in [0.1, 0.15) is 67.3 Å². The molecule has 1 aliphatic heterocycles. The summed E-state index contributed by atoms with van der Waals surface area (Å²) in [7, 11) is 0. The van der Waals surface area contributed by atoms with Crippen LogP contribution in [0, 0.1) is 19.7 Å². The number of amides is 3. The van der Waals surface area contributed by atoms with Gasteiger partial charge in [0.05, 0.1) is 18.4 Å². The summed E-state index contributed by atoms with van der Waals surface area (Å²) >= 11 is 0. The highest BCUT2D eigenvalue weighted by Gasteiger charge is 2.54. The monoisotopic (exact) mass is 544 g/mol. The first-order valence-electron chi connectivity index (χ1n) is 13.2. The summed E-state index contributed by atoms with van der Waals surface area (Å²) in [4.78, 5) is 41.7. The number of urea groups is 1. The van der Waals surface area contributed by atoms with Crippen LogP contribution in [0.15, 0.2) is 42.9 Å². The number of anilines is 2. The summed E-state index contributed by atoms with van der Waals surface area (Å²) in [5.74, 6) is 1.86. The molecule has 1 saturated heterocycles. The van der Waals surface area contributed by atoms with Crippen molar-refractivity contribution in [2.24, 2.45) is 0 Å². The van der Waals surface area contributed by atoms with Crippen LogP contribution in [0.5, 0.6) is 0 Å². The third-order valence-corrected chi connectivity index (χ3v) is 7.66. The zero-order valence-corrected chi connectivity index (χ0v) is 22.3. The number of carbonyl (C=O) groups is 2. The van der Waals surface area contributed by atoms with Gasteiger partial charge in [-0.05, 0) is 58.1 Å². The van der Waals surface area contributed by atoms with Crippen molar-refractivity contribution in [2.45, 2.75) is 64.0 Å². The van der Waals surface area contributed by atoms with Crippen molar-refractivity contribution in [2.75, 3.05) is 5.32 Å². The molecule has 0 aromatic carbocycles. The number of aromatic amines is 1. The number of imide groups is 1. The van der Waals surface area contributed by atoms with Gasteiger partial charge in [0.2, 0.25) is 0 Å². The highest BCUT2D eigenvalue weighted by molar-refractivity contribution is 6.07. The van der Waals surface area contributed by atoms with Crippen molar-refractivity contribution in [3.8, 4) is 5.82 Å². The third-order valence-electron chi connectivity index (χ3n) is 7.66. The average Bonchev–Trinajstić information content (AvgIpc) is 3.61. The van der Waals surface area contributed by atoms with Crippen molar-refractivity contribution in [1.29, 1.82) is 0 Å². The molecule has 5 heterocycles. The van der Waals surface area contributed by atoms with Crippen LogP contribution in [0.3, 0.4) is 0 Å². The highest BCUT2D eigenvalue weighted by Crippen LogP contribution is 2.42. The number of rotatable bonds is 6. The van der Waals surface area contributed by atoms with E-state index in [1.165, 1.54) is 15.8 Å². The van der Waals surface area contributed by atoms with E-state index in [1.807, 2.05) is 26.0 Å². The molecule has 40 heavy (non-hydrogen) atoms. The zero-order chi connectivity index (χ0) is 28.0. The Morgan fingerprint density at radius 3 is 2.55 bits per heavy atom. The van der Waals surface area contributed by atoms with E-state index in [-0.39, 0.29) is 11.8 Å². The number of halogens is 1. The van der Waals surface area contributed by atoms with Crippen molar-refractivity contribution in [1.82, 2.24) is 45.1 Å². The van der Waals surface area contributed by atoms with Crippen molar-refractivity contribution < 1.29 is 14.0 Å². The van der Waals surface area contributed by atoms with Crippen LogP contribution < -0.4 is 10.6 Å². The van der Waals surface area contributed by atoms with Gasteiger partial charge in [0.1, 0.15) is 17.2 Å². The number of H-pyrrole nitrogens is 1. The Hall–Kier alpha value is -4.68. The van der Waals surface area contributed by atoms with Gasteiger partial charge in [-0.25, -0.2) is 28.8 Å². The van der Waals surface area contributed by atoms with Crippen molar-refractivity contribution in [3.63, 3.8) is 0 Å². The predicted octanol–water partition coefficient (Wildman–Crippen LogP) is 3.99. The van der Waals surface area contributed by atoms with Crippen molar-refractivity contribution in [3.05, 3.63) is 71.4 Å². The first kappa shape index (κ1) is 25.6. The Labute approximate surface area is 229 Å². The van der Waals surface area contributed by atoms with Crippen LogP contribution in [0.4, 0.5) is 20.8 Å². The van der Waals surface area contributed by atoms with E-state index in [1.54, 1.807) is 25.3 Å². The van der Waals surface area contributed by atoms with Crippen LogP contribution in [-0.2, 0) is 4.79 Å². The average molecular weight is 545 g/mol. The molecule has 2 aliphatic rings. The highest BCUT2D eigenvalue weighted by atomic mass is 19.1. The molecular formula is C27H29FN10O2. The van der Waals surface area contributed by atoms with E-state index in [4.69, 9.17) is 4.98 Å². The topological polar surface area (TPSA) is 147 Å². The number of hydrogen-bond acceptors (Lipinski definition) is 8. The quantitative estimate of drug-likeness (QED) is 0.309. The van der Waals surface area contributed by atoms with E-state index in [2.05, 4.69) is 35.9 Å². The summed E-state index contributed by atoms with van der Waals surface area (Å²) < 4.78 is 14.6. The van der Waals surface area contributed by atoms with Gasteiger partial charge in [-0.3, -0.25) is 14.8 Å². The van der Waals surface area contributed by atoms with Gasteiger partial charge < -0.3 is 10.6 Å². The molecule has 12 nitrogen and oxygen atoms in total. The molecule has 206 valence electrons. The van der Waals surface area contributed by atoms with Gasteiger partial charge >= 0.3 is 6.03 Å². The van der Waals surface area contributed by atoms with E-state index < -0.39 is 23.4 Å². The lowest BCUT2D eigenvalue weighted by Crippen LogP contribution is -2.49. The lowest BCUT2D eigenvalue weighted by molar-refractivity contribution is -0.134. The Morgan fingerprint density at radius 1 is 1.10 bits per heavy atom. The lowest BCUT2D eigenvalue weighted by atomic mass is 9.76. The minimum atomic E-state index is -0.945. The molecule has 1 atom stereocenters. The summed E-state index contributed by atoms with van der Waals surface area (Å²) in [6, 6.07) is 6.26. The van der Waals surface area contributed by atoms with Gasteiger partial charge in [0.25, 0.3) is 5.91 Å². The Kier molecular flexibility index (Phi) is 6.28. The fraction of sp³-hybridized carbons (Fsp3) is 0.370. The molecule has 0 radical (unpaired) electrons. The maximum atomic E-state index is 13.7. The number of aryl methyl sites for hydroxylation is 2. The molecule has 6 rings (SSSR count). The van der Waals surface area contributed by atoms with Crippen LogP contribution >= 0.6 is 0 Å². The van der Waals surface area contributed by atoms with E-state index in [0.29, 0.717) is 48.7 Å². The first-order chi connectivity index (χ1) is 19.2. The summed E-state index contributed by atoms with van der Waals surface area (Å²) in [6.07, 6.45) is 6.21. The van der Waals surface area contributed by atoms with Gasteiger partial charge in [-0.2, -0.15) is 10.2 Å². The second kappa shape index (κ2) is 9.81. The molecule has 1 spiro atoms. The number of nitrogens with one attached hydrogen (secondary N) is 3. The number of pyridine rings is 1.